The minimum Gasteiger partial charge on any atom is -0.396 e. The van der Waals surface area contributed by atoms with E-state index in [-0.39, 0.29) is 48.4 Å². The SMILES string of the molecule is C/C=C/c1ccc2n(c1=O)C[C@@H]1[C@@H](CO)[C@H](C(=O)NCc3ccc(F)cc3)[C@H]2N1CC. The second kappa shape index (κ2) is 8.77. The molecule has 2 aromatic rings. The van der Waals surface area contributed by atoms with Crippen LogP contribution >= 0.6 is 0 Å². The Kier molecular flexibility index (Phi) is 6.07. The van der Waals surface area contributed by atoms with Gasteiger partial charge in [0.25, 0.3) is 5.56 Å². The van der Waals surface area contributed by atoms with Gasteiger partial charge < -0.3 is 15.0 Å². The fraction of sp³-hybridized carbons (Fsp3) is 0.417. The zero-order valence-corrected chi connectivity index (χ0v) is 17.8. The number of hydrogen-bond acceptors (Lipinski definition) is 4. The Bertz CT molecular complexity index is 1050. The molecule has 6 nitrogen and oxygen atoms in total. The Hall–Kier alpha value is -2.77. The molecule has 0 unspecified atom stereocenters. The smallest absolute Gasteiger partial charge is 0.258 e. The van der Waals surface area contributed by atoms with Gasteiger partial charge in [-0.3, -0.25) is 14.5 Å². The average Bonchev–Trinajstić information content (AvgIpc) is 3.00. The Morgan fingerprint density at radius 2 is 2.00 bits per heavy atom. The summed E-state index contributed by atoms with van der Waals surface area (Å²) in [4.78, 5) is 28.6. The summed E-state index contributed by atoms with van der Waals surface area (Å²) >= 11 is 0. The van der Waals surface area contributed by atoms with Crippen molar-refractivity contribution < 1.29 is 14.3 Å². The predicted octanol–water partition coefficient (Wildman–Crippen LogP) is 2.32. The molecule has 0 spiro atoms. The first-order valence-electron chi connectivity index (χ1n) is 10.7. The highest BCUT2D eigenvalue weighted by atomic mass is 19.1. The van der Waals surface area contributed by atoms with Gasteiger partial charge in [0.15, 0.2) is 0 Å². The molecule has 4 rings (SSSR count). The van der Waals surface area contributed by atoms with E-state index in [2.05, 4.69) is 10.2 Å². The highest BCUT2D eigenvalue weighted by Gasteiger charge is 2.55. The molecular weight excluding hydrogens is 397 g/mol. The molecule has 0 radical (unpaired) electrons. The Morgan fingerprint density at radius 3 is 2.65 bits per heavy atom. The van der Waals surface area contributed by atoms with Crippen LogP contribution in [0.3, 0.4) is 0 Å². The van der Waals surface area contributed by atoms with E-state index in [0.29, 0.717) is 12.1 Å². The molecule has 3 heterocycles. The molecule has 1 aromatic carbocycles. The molecule has 0 saturated carbocycles. The normalized spacial score (nSPS) is 25.0. The number of benzene rings is 1. The number of halogens is 1. The number of nitrogens with zero attached hydrogens (tertiary/aromatic N) is 2. The number of rotatable bonds is 6. The molecule has 2 bridgehead atoms. The first-order valence-corrected chi connectivity index (χ1v) is 10.7. The van der Waals surface area contributed by atoms with E-state index < -0.39 is 5.92 Å². The Morgan fingerprint density at radius 1 is 1.26 bits per heavy atom. The van der Waals surface area contributed by atoms with Crippen molar-refractivity contribution in [2.24, 2.45) is 11.8 Å². The third-order valence-electron chi connectivity index (χ3n) is 6.59. The van der Waals surface area contributed by atoms with Crippen LogP contribution in [0.2, 0.25) is 0 Å². The van der Waals surface area contributed by atoms with Gasteiger partial charge in [-0.15, -0.1) is 0 Å². The van der Waals surface area contributed by atoms with Gasteiger partial charge in [-0.05, 0) is 43.3 Å². The van der Waals surface area contributed by atoms with E-state index in [1.54, 1.807) is 22.8 Å². The van der Waals surface area contributed by atoms with E-state index in [4.69, 9.17) is 0 Å². The molecule has 2 N–H and O–H groups in total. The van der Waals surface area contributed by atoms with Crippen LogP contribution < -0.4 is 10.9 Å². The number of carbonyl (C=O) groups excluding carboxylic acids is 1. The summed E-state index contributed by atoms with van der Waals surface area (Å²) in [6.45, 7) is 5.24. The van der Waals surface area contributed by atoms with Gasteiger partial charge >= 0.3 is 0 Å². The zero-order valence-electron chi connectivity index (χ0n) is 17.8. The van der Waals surface area contributed by atoms with Gasteiger partial charge in [0.05, 0.1) is 12.0 Å². The first kappa shape index (κ1) is 21.5. The molecule has 7 heteroatoms. The van der Waals surface area contributed by atoms with Crippen molar-refractivity contribution in [2.75, 3.05) is 13.2 Å². The summed E-state index contributed by atoms with van der Waals surface area (Å²) in [6, 6.07) is 9.38. The molecule has 0 aliphatic carbocycles. The highest BCUT2D eigenvalue weighted by Crippen LogP contribution is 2.48. The van der Waals surface area contributed by atoms with Crippen LogP contribution in [-0.4, -0.2) is 39.7 Å². The van der Waals surface area contributed by atoms with E-state index >= 15 is 0 Å². The maximum Gasteiger partial charge on any atom is 0.258 e. The lowest BCUT2D eigenvalue weighted by molar-refractivity contribution is -0.127. The number of carbonyl (C=O) groups is 1. The van der Waals surface area contributed by atoms with Crippen LogP contribution in [0.15, 0.2) is 47.3 Å². The lowest BCUT2D eigenvalue weighted by Crippen LogP contribution is -2.46. The maximum atomic E-state index is 13.3. The molecule has 2 aliphatic heterocycles. The lowest BCUT2D eigenvalue weighted by atomic mass is 9.86. The van der Waals surface area contributed by atoms with Crippen LogP contribution in [0.5, 0.6) is 0 Å². The molecule has 164 valence electrons. The maximum absolute atomic E-state index is 13.3. The largest absolute Gasteiger partial charge is 0.396 e. The number of likely N-dealkylation sites (N-methyl/N-ethyl adjacent to an activating group) is 1. The summed E-state index contributed by atoms with van der Waals surface area (Å²) in [6.07, 6.45) is 3.63. The van der Waals surface area contributed by atoms with Gasteiger partial charge in [-0.25, -0.2) is 4.39 Å². The summed E-state index contributed by atoms with van der Waals surface area (Å²) in [7, 11) is 0. The van der Waals surface area contributed by atoms with Crippen molar-refractivity contribution >= 4 is 12.0 Å². The average molecular weight is 426 g/mol. The number of amides is 1. The molecule has 1 aromatic heterocycles. The van der Waals surface area contributed by atoms with Crippen molar-refractivity contribution in [1.82, 2.24) is 14.8 Å². The standard InChI is InChI=1S/C24H28FN3O3/c1-3-5-16-8-11-19-22-21(23(30)26-12-15-6-9-17(25)10-7-15)18(14-29)20(27(22)4-2)13-28(19)24(16)31/h3,5-11,18,20-22,29H,4,12-14H2,1-2H3,(H,26,30)/b5-3+/t18-,20-,21+,22+/m1/s1. The van der Waals surface area contributed by atoms with Crippen molar-refractivity contribution in [1.29, 1.82) is 0 Å². The van der Waals surface area contributed by atoms with Crippen molar-refractivity contribution in [3.63, 3.8) is 0 Å². The fourth-order valence-electron chi connectivity index (χ4n) is 5.19. The Balaban J connectivity index is 1.67. The van der Waals surface area contributed by atoms with Crippen LogP contribution in [0.4, 0.5) is 4.39 Å². The van der Waals surface area contributed by atoms with E-state index in [1.807, 2.05) is 32.1 Å². The van der Waals surface area contributed by atoms with Crippen molar-refractivity contribution in [3.05, 3.63) is 75.5 Å². The summed E-state index contributed by atoms with van der Waals surface area (Å²) in [5.74, 6) is -1.23. The van der Waals surface area contributed by atoms with Gasteiger partial charge in [-0.1, -0.05) is 31.2 Å². The summed E-state index contributed by atoms with van der Waals surface area (Å²) in [5, 5.41) is 13.2. The zero-order chi connectivity index (χ0) is 22.1. The van der Waals surface area contributed by atoms with E-state index in [9.17, 15) is 19.1 Å². The number of aliphatic hydroxyl groups excluding tert-OH is 1. The monoisotopic (exact) mass is 425 g/mol. The first-order chi connectivity index (χ1) is 15.0. The minimum absolute atomic E-state index is 0.0644. The van der Waals surface area contributed by atoms with E-state index in [1.165, 1.54) is 12.1 Å². The van der Waals surface area contributed by atoms with Gasteiger partial charge in [-0.2, -0.15) is 0 Å². The van der Waals surface area contributed by atoms with Crippen LogP contribution in [-0.2, 0) is 17.9 Å². The number of hydrogen-bond donors (Lipinski definition) is 2. The van der Waals surface area contributed by atoms with Crippen LogP contribution in [0.25, 0.3) is 6.08 Å². The molecular formula is C24H28FN3O3. The van der Waals surface area contributed by atoms with Crippen LogP contribution in [0, 0.1) is 17.7 Å². The summed E-state index contributed by atoms with van der Waals surface area (Å²) < 4.78 is 14.9. The van der Waals surface area contributed by atoms with Gasteiger partial charge in [0, 0.05) is 42.9 Å². The second-order valence-electron chi connectivity index (χ2n) is 8.19. The van der Waals surface area contributed by atoms with Crippen LogP contribution in [0.1, 0.15) is 36.7 Å². The predicted molar refractivity (Wildman–Crippen MR) is 117 cm³/mol. The number of pyridine rings is 1. The second-order valence-corrected chi connectivity index (χ2v) is 8.19. The number of allylic oxidation sites excluding steroid dienone is 1. The third kappa shape index (κ3) is 3.72. The van der Waals surface area contributed by atoms with Crippen molar-refractivity contribution in [2.45, 2.75) is 39.0 Å². The Labute approximate surface area is 181 Å². The highest BCUT2D eigenvalue weighted by molar-refractivity contribution is 5.80. The molecule has 31 heavy (non-hydrogen) atoms. The summed E-state index contributed by atoms with van der Waals surface area (Å²) in [5.41, 5.74) is 2.17. The fourth-order valence-corrected chi connectivity index (χ4v) is 5.19. The van der Waals surface area contributed by atoms with Crippen molar-refractivity contribution in [3.8, 4) is 0 Å². The molecule has 1 saturated heterocycles. The molecule has 4 atom stereocenters. The molecule has 1 amide bonds. The molecule has 2 aliphatic rings. The topological polar surface area (TPSA) is 74.6 Å². The number of aromatic nitrogens is 1. The van der Waals surface area contributed by atoms with Gasteiger partial charge in [0.1, 0.15) is 5.82 Å². The number of fused-ring (bicyclic) bond motifs is 4. The van der Waals surface area contributed by atoms with Gasteiger partial charge in [0.2, 0.25) is 5.91 Å². The number of aliphatic hydroxyl groups is 1. The molecule has 1 fully saturated rings. The minimum atomic E-state index is -0.476. The van der Waals surface area contributed by atoms with E-state index in [0.717, 1.165) is 17.8 Å². The quantitative estimate of drug-likeness (QED) is 0.745. The third-order valence-corrected chi connectivity index (χ3v) is 6.59. The number of nitrogens with one attached hydrogen (secondary N) is 1. The lowest BCUT2D eigenvalue weighted by Gasteiger charge is -2.37.